The maximum Gasteiger partial charge on any atom is 0.263 e. The molecule has 0 bridgehead atoms. The second kappa shape index (κ2) is 6.99. The molecule has 5 nitrogen and oxygen atoms in total. The molecule has 1 aromatic carbocycles. The monoisotopic (exact) mass is 303 g/mol. The molecular formula is C15H17N3O2S. The van der Waals surface area contributed by atoms with Crippen molar-refractivity contribution in [2.24, 2.45) is 0 Å². The first-order chi connectivity index (χ1) is 10.1. The van der Waals surface area contributed by atoms with Crippen LogP contribution < -0.4 is 10.6 Å². The number of rotatable bonds is 5. The fraction of sp³-hybridized carbons (Fsp3) is 0.267. The van der Waals surface area contributed by atoms with Crippen LogP contribution in [0.5, 0.6) is 0 Å². The van der Waals surface area contributed by atoms with E-state index in [0.29, 0.717) is 22.1 Å². The molecule has 0 saturated carbocycles. The Morgan fingerprint density at radius 2 is 1.95 bits per heavy atom. The lowest BCUT2D eigenvalue weighted by molar-refractivity contribution is -0.120. The number of carbonyl (C=O) groups excluding carboxylic acids is 2. The number of hydrogen-bond acceptors (Lipinski definition) is 4. The van der Waals surface area contributed by atoms with Crippen molar-refractivity contribution in [2.45, 2.75) is 19.9 Å². The number of thiazole rings is 1. The van der Waals surface area contributed by atoms with Crippen LogP contribution >= 0.6 is 11.3 Å². The van der Waals surface area contributed by atoms with Crippen molar-refractivity contribution in [3.05, 3.63) is 51.5 Å². The highest BCUT2D eigenvalue weighted by atomic mass is 32.1. The summed E-state index contributed by atoms with van der Waals surface area (Å²) >= 11 is 1.26. The topological polar surface area (TPSA) is 71.1 Å². The first-order valence-electron chi connectivity index (χ1n) is 6.59. The molecule has 0 spiro atoms. The van der Waals surface area contributed by atoms with Gasteiger partial charge in [0.15, 0.2) is 0 Å². The van der Waals surface area contributed by atoms with Gasteiger partial charge in [-0.1, -0.05) is 30.3 Å². The summed E-state index contributed by atoms with van der Waals surface area (Å²) in [7, 11) is 1.58. The van der Waals surface area contributed by atoms with Gasteiger partial charge in [-0.2, -0.15) is 0 Å². The number of nitrogens with zero attached hydrogens (tertiary/aromatic N) is 1. The lowest BCUT2D eigenvalue weighted by Crippen LogP contribution is -2.24. The standard InChI is InChI=1S/C15H17N3O2S/c1-10-14(15(20)16-2)21-13(18-10)8-12(19)17-9-11-6-4-3-5-7-11/h3-7H,8-9H2,1-2H3,(H,16,20)(H,17,19). The van der Waals surface area contributed by atoms with Crippen molar-refractivity contribution in [3.8, 4) is 0 Å². The van der Waals surface area contributed by atoms with Crippen molar-refractivity contribution in [2.75, 3.05) is 7.05 Å². The quantitative estimate of drug-likeness (QED) is 0.882. The first-order valence-corrected chi connectivity index (χ1v) is 7.41. The Morgan fingerprint density at radius 3 is 2.62 bits per heavy atom. The molecule has 1 aromatic heterocycles. The molecular weight excluding hydrogens is 286 g/mol. The third kappa shape index (κ3) is 4.13. The summed E-state index contributed by atoms with van der Waals surface area (Å²) in [5, 5.41) is 6.06. The number of carbonyl (C=O) groups is 2. The third-order valence-corrected chi connectivity index (χ3v) is 4.07. The molecule has 21 heavy (non-hydrogen) atoms. The molecule has 2 N–H and O–H groups in total. The van der Waals surface area contributed by atoms with Crippen LogP contribution in [0.1, 0.15) is 25.9 Å². The molecule has 6 heteroatoms. The predicted molar refractivity (Wildman–Crippen MR) is 82.2 cm³/mol. The Morgan fingerprint density at radius 1 is 1.24 bits per heavy atom. The molecule has 0 saturated heterocycles. The van der Waals surface area contributed by atoms with Gasteiger partial charge >= 0.3 is 0 Å². The van der Waals surface area contributed by atoms with Crippen LogP contribution in [0.2, 0.25) is 0 Å². The summed E-state index contributed by atoms with van der Waals surface area (Å²) in [6, 6.07) is 9.71. The predicted octanol–water partition coefficient (Wildman–Crippen LogP) is 1.67. The fourth-order valence-electron chi connectivity index (χ4n) is 1.85. The highest BCUT2D eigenvalue weighted by Crippen LogP contribution is 2.18. The summed E-state index contributed by atoms with van der Waals surface area (Å²) in [5.74, 6) is -0.267. The molecule has 0 radical (unpaired) electrons. The largest absolute Gasteiger partial charge is 0.354 e. The van der Waals surface area contributed by atoms with Crippen LogP contribution in [-0.2, 0) is 17.8 Å². The van der Waals surface area contributed by atoms with Gasteiger partial charge in [-0.05, 0) is 12.5 Å². The van der Waals surface area contributed by atoms with E-state index in [9.17, 15) is 9.59 Å². The number of aromatic nitrogens is 1. The van der Waals surface area contributed by atoms with E-state index in [0.717, 1.165) is 5.56 Å². The van der Waals surface area contributed by atoms with E-state index in [1.54, 1.807) is 14.0 Å². The minimum atomic E-state index is -0.166. The second-order valence-corrected chi connectivity index (χ2v) is 5.62. The van der Waals surface area contributed by atoms with Crippen molar-refractivity contribution < 1.29 is 9.59 Å². The van der Waals surface area contributed by atoms with Crippen LogP contribution in [-0.4, -0.2) is 23.8 Å². The Bertz CT molecular complexity index is 638. The van der Waals surface area contributed by atoms with Crippen LogP contribution in [0.15, 0.2) is 30.3 Å². The zero-order chi connectivity index (χ0) is 15.2. The van der Waals surface area contributed by atoms with Gasteiger partial charge in [0, 0.05) is 13.6 Å². The molecule has 0 aliphatic rings. The van der Waals surface area contributed by atoms with Gasteiger partial charge in [0.1, 0.15) is 9.88 Å². The number of nitrogens with one attached hydrogen (secondary N) is 2. The van der Waals surface area contributed by atoms with E-state index < -0.39 is 0 Å². The maximum absolute atomic E-state index is 11.9. The number of hydrogen-bond donors (Lipinski definition) is 2. The van der Waals surface area contributed by atoms with Crippen molar-refractivity contribution in [1.82, 2.24) is 15.6 Å². The van der Waals surface area contributed by atoms with E-state index in [-0.39, 0.29) is 18.2 Å². The first kappa shape index (κ1) is 15.2. The molecule has 2 amide bonds. The van der Waals surface area contributed by atoms with E-state index in [2.05, 4.69) is 15.6 Å². The SMILES string of the molecule is CNC(=O)c1sc(CC(=O)NCc2ccccc2)nc1C. The molecule has 0 aliphatic heterocycles. The summed E-state index contributed by atoms with van der Waals surface area (Å²) in [6.45, 7) is 2.26. The van der Waals surface area contributed by atoms with Crippen LogP contribution in [0, 0.1) is 6.92 Å². The Balaban J connectivity index is 1.92. The summed E-state index contributed by atoms with van der Waals surface area (Å²) in [6.07, 6.45) is 0.190. The molecule has 2 aromatic rings. The van der Waals surface area contributed by atoms with Gasteiger partial charge in [-0.3, -0.25) is 9.59 Å². The molecule has 0 atom stereocenters. The maximum atomic E-state index is 11.9. The highest BCUT2D eigenvalue weighted by Gasteiger charge is 2.15. The van der Waals surface area contributed by atoms with E-state index in [1.807, 2.05) is 30.3 Å². The highest BCUT2D eigenvalue weighted by molar-refractivity contribution is 7.13. The normalized spacial score (nSPS) is 10.2. The summed E-state index contributed by atoms with van der Waals surface area (Å²) < 4.78 is 0. The number of aryl methyl sites for hydroxylation is 1. The lowest BCUT2D eigenvalue weighted by Gasteiger charge is -2.03. The Hall–Kier alpha value is -2.21. The van der Waals surface area contributed by atoms with Crippen LogP contribution in [0.3, 0.4) is 0 Å². The fourth-order valence-corrected chi connectivity index (χ4v) is 2.86. The molecule has 0 unspecified atom stereocenters. The van der Waals surface area contributed by atoms with E-state index >= 15 is 0 Å². The minimum Gasteiger partial charge on any atom is -0.354 e. The smallest absolute Gasteiger partial charge is 0.263 e. The Kier molecular flexibility index (Phi) is 5.05. The lowest BCUT2D eigenvalue weighted by atomic mass is 10.2. The van der Waals surface area contributed by atoms with Crippen LogP contribution in [0.25, 0.3) is 0 Å². The molecule has 1 heterocycles. The van der Waals surface area contributed by atoms with Crippen LogP contribution in [0.4, 0.5) is 0 Å². The molecule has 0 fully saturated rings. The van der Waals surface area contributed by atoms with Crippen molar-refractivity contribution in [1.29, 1.82) is 0 Å². The minimum absolute atomic E-state index is 0.101. The second-order valence-electron chi connectivity index (χ2n) is 4.54. The molecule has 0 aliphatic carbocycles. The zero-order valence-corrected chi connectivity index (χ0v) is 12.8. The molecule has 110 valence electrons. The van der Waals surface area contributed by atoms with Gasteiger partial charge in [0.05, 0.1) is 12.1 Å². The van der Waals surface area contributed by atoms with Crippen molar-refractivity contribution >= 4 is 23.2 Å². The zero-order valence-electron chi connectivity index (χ0n) is 12.0. The van der Waals surface area contributed by atoms with Gasteiger partial charge in [0.25, 0.3) is 5.91 Å². The van der Waals surface area contributed by atoms with Gasteiger partial charge in [-0.25, -0.2) is 4.98 Å². The summed E-state index contributed by atoms with van der Waals surface area (Å²) in [4.78, 5) is 28.3. The van der Waals surface area contributed by atoms with Gasteiger partial charge < -0.3 is 10.6 Å². The number of amides is 2. The average Bonchev–Trinajstić information content (AvgIpc) is 2.86. The Labute approximate surface area is 127 Å². The van der Waals surface area contributed by atoms with E-state index in [1.165, 1.54) is 11.3 Å². The van der Waals surface area contributed by atoms with Crippen molar-refractivity contribution in [3.63, 3.8) is 0 Å². The average molecular weight is 303 g/mol. The molecule has 2 rings (SSSR count). The summed E-state index contributed by atoms with van der Waals surface area (Å²) in [5.41, 5.74) is 1.71. The van der Waals surface area contributed by atoms with Gasteiger partial charge in [-0.15, -0.1) is 11.3 Å². The number of benzene rings is 1. The van der Waals surface area contributed by atoms with Gasteiger partial charge in [0.2, 0.25) is 5.91 Å². The third-order valence-electron chi connectivity index (χ3n) is 2.92. The van der Waals surface area contributed by atoms with E-state index in [4.69, 9.17) is 0 Å².